The van der Waals surface area contributed by atoms with Crippen molar-refractivity contribution >= 4 is 15.5 Å². The second-order valence-corrected chi connectivity index (χ2v) is 7.08. The summed E-state index contributed by atoms with van der Waals surface area (Å²) in [5.41, 5.74) is 1.88. The fraction of sp³-hybridized carbons (Fsp3) is 0.500. The Morgan fingerprint density at radius 1 is 1.25 bits per heavy atom. The molecule has 1 aromatic carbocycles. The van der Waals surface area contributed by atoms with Gasteiger partial charge in [0.05, 0.1) is 11.5 Å². The Labute approximate surface area is 96.8 Å². The van der Waals surface area contributed by atoms with Crippen LogP contribution in [0, 0.1) is 6.92 Å². The first-order valence-corrected chi connectivity index (χ1v) is 7.26. The number of hydrogen-bond donors (Lipinski definition) is 1. The summed E-state index contributed by atoms with van der Waals surface area (Å²) in [5.74, 6) is 0.524. The maximum absolute atomic E-state index is 11.5. The highest BCUT2D eigenvalue weighted by Gasteiger charge is 2.38. The number of anilines is 1. The smallest absolute Gasteiger partial charge is 0.152 e. The van der Waals surface area contributed by atoms with Gasteiger partial charge in [0.2, 0.25) is 0 Å². The van der Waals surface area contributed by atoms with Crippen LogP contribution in [0.2, 0.25) is 0 Å². The fourth-order valence-electron chi connectivity index (χ4n) is 2.09. The molecule has 4 heteroatoms. The molecule has 1 heterocycles. The molecule has 0 unspecified atom stereocenters. The van der Waals surface area contributed by atoms with Crippen LogP contribution in [0.4, 0.5) is 5.69 Å². The van der Waals surface area contributed by atoms with Crippen molar-refractivity contribution in [3.05, 3.63) is 29.8 Å². The molecule has 1 aromatic rings. The van der Waals surface area contributed by atoms with E-state index in [2.05, 4.69) is 5.32 Å². The van der Waals surface area contributed by atoms with Crippen molar-refractivity contribution in [1.82, 2.24) is 0 Å². The van der Waals surface area contributed by atoms with Crippen LogP contribution in [-0.2, 0) is 9.84 Å². The van der Waals surface area contributed by atoms with Crippen molar-refractivity contribution in [2.24, 2.45) is 0 Å². The average molecular weight is 239 g/mol. The summed E-state index contributed by atoms with van der Waals surface area (Å²) in [6.07, 6.45) is 0.684. The Morgan fingerprint density at radius 3 is 2.38 bits per heavy atom. The molecule has 3 nitrogen and oxygen atoms in total. The minimum Gasteiger partial charge on any atom is -0.379 e. The normalized spacial score (nSPS) is 27.9. The lowest BCUT2D eigenvalue weighted by molar-refractivity contribution is 0.574. The monoisotopic (exact) mass is 239 g/mol. The van der Waals surface area contributed by atoms with Crippen molar-refractivity contribution in [3.8, 4) is 0 Å². The topological polar surface area (TPSA) is 46.2 Å². The standard InChI is InChI=1S/C12H17NO2S/c1-10-3-5-11(6-4-10)13-12(2)7-8-16(14,15)9-12/h3-6,13H,7-9H2,1-2H3/t12-/m0/s1. The van der Waals surface area contributed by atoms with Crippen LogP contribution in [0.15, 0.2) is 24.3 Å². The molecule has 1 aliphatic rings. The van der Waals surface area contributed by atoms with E-state index in [1.807, 2.05) is 38.1 Å². The molecule has 0 aromatic heterocycles. The number of rotatable bonds is 2. The van der Waals surface area contributed by atoms with Crippen LogP contribution in [0.3, 0.4) is 0 Å². The predicted octanol–water partition coefficient (Wildman–Crippen LogP) is 1.98. The molecular weight excluding hydrogens is 222 g/mol. The van der Waals surface area contributed by atoms with E-state index < -0.39 is 9.84 Å². The molecule has 1 aliphatic heterocycles. The van der Waals surface area contributed by atoms with Crippen LogP contribution in [-0.4, -0.2) is 25.5 Å². The maximum Gasteiger partial charge on any atom is 0.152 e. The van der Waals surface area contributed by atoms with Gasteiger partial charge in [0.15, 0.2) is 9.84 Å². The molecule has 0 radical (unpaired) electrons. The van der Waals surface area contributed by atoms with Gasteiger partial charge in [0.1, 0.15) is 0 Å². The van der Waals surface area contributed by atoms with Crippen molar-refractivity contribution in [2.45, 2.75) is 25.8 Å². The van der Waals surface area contributed by atoms with Crippen LogP contribution in [0.5, 0.6) is 0 Å². The third kappa shape index (κ3) is 2.55. The van der Waals surface area contributed by atoms with Gasteiger partial charge in [-0.2, -0.15) is 0 Å². The third-order valence-corrected chi connectivity index (χ3v) is 4.90. The summed E-state index contributed by atoms with van der Waals surface area (Å²) >= 11 is 0. The second kappa shape index (κ2) is 3.77. The fourth-order valence-corrected chi connectivity index (χ4v) is 4.19. The molecule has 0 bridgehead atoms. The van der Waals surface area contributed by atoms with Gasteiger partial charge >= 0.3 is 0 Å². The first-order chi connectivity index (χ1) is 7.39. The number of aryl methyl sites for hydroxylation is 1. The Hall–Kier alpha value is -1.03. The van der Waals surface area contributed by atoms with Gasteiger partial charge in [-0.05, 0) is 32.4 Å². The molecule has 1 fully saturated rings. The lowest BCUT2D eigenvalue weighted by Gasteiger charge is -2.25. The molecule has 0 saturated carbocycles. The molecule has 0 spiro atoms. The van der Waals surface area contributed by atoms with Gasteiger partial charge in [-0.3, -0.25) is 0 Å². The van der Waals surface area contributed by atoms with Crippen LogP contribution < -0.4 is 5.32 Å². The number of sulfone groups is 1. The van der Waals surface area contributed by atoms with Crippen LogP contribution in [0.1, 0.15) is 18.9 Å². The van der Waals surface area contributed by atoms with E-state index >= 15 is 0 Å². The quantitative estimate of drug-likeness (QED) is 0.858. The second-order valence-electron chi connectivity index (χ2n) is 4.89. The minimum atomic E-state index is -2.84. The highest BCUT2D eigenvalue weighted by atomic mass is 32.2. The van der Waals surface area contributed by atoms with E-state index in [9.17, 15) is 8.42 Å². The van der Waals surface area contributed by atoms with E-state index in [4.69, 9.17) is 0 Å². The molecule has 88 valence electrons. The Balaban J connectivity index is 2.13. The zero-order valence-electron chi connectivity index (χ0n) is 9.66. The molecule has 1 atom stereocenters. The maximum atomic E-state index is 11.5. The lowest BCUT2D eigenvalue weighted by Crippen LogP contribution is -2.35. The Bertz CT molecular complexity index is 478. The van der Waals surface area contributed by atoms with Crippen molar-refractivity contribution in [2.75, 3.05) is 16.8 Å². The zero-order valence-corrected chi connectivity index (χ0v) is 10.5. The molecule has 0 amide bonds. The Morgan fingerprint density at radius 2 is 1.88 bits per heavy atom. The van der Waals surface area contributed by atoms with Crippen LogP contribution >= 0.6 is 0 Å². The van der Waals surface area contributed by atoms with Crippen molar-refractivity contribution < 1.29 is 8.42 Å². The summed E-state index contributed by atoms with van der Waals surface area (Å²) in [6.45, 7) is 4.00. The van der Waals surface area contributed by atoms with E-state index in [1.54, 1.807) is 0 Å². The van der Waals surface area contributed by atoms with E-state index in [-0.39, 0.29) is 11.3 Å². The van der Waals surface area contributed by atoms with E-state index in [1.165, 1.54) is 5.56 Å². The SMILES string of the molecule is Cc1ccc(N[C@@]2(C)CCS(=O)(=O)C2)cc1. The van der Waals surface area contributed by atoms with Gasteiger partial charge in [-0.15, -0.1) is 0 Å². The largest absolute Gasteiger partial charge is 0.379 e. The average Bonchev–Trinajstić information content (AvgIpc) is 2.45. The summed E-state index contributed by atoms with van der Waals surface area (Å²) in [5, 5.41) is 3.32. The summed E-state index contributed by atoms with van der Waals surface area (Å²) in [4.78, 5) is 0. The highest BCUT2D eigenvalue weighted by Crippen LogP contribution is 2.27. The molecule has 1 N–H and O–H groups in total. The van der Waals surface area contributed by atoms with Gasteiger partial charge in [0, 0.05) is 11.2 Å². The Kier molecular flexibility index (Phi) is 2.70. The highest BCUT2D eigenvalue weighted by molar-refractivity contribution is 7.91. The van der Waals surface area contributed by atoms with Crippen molar-refractivity contribution in [3.63, 3.8) is 0 Å². The zero-order chi connectivity index (χ0) is 11.8. The number of nitrogens with one attached hydrogen (secondary N) is 1. The minimum absolute atomic E-state index is 0.230. The van der Waals surface area contributed by atoms with Gasteiger partial charge in [-0.1, -0.05) is 17.7 Å². The number of hydrogen-bond acceptors (Lipinski definition) is 3. The lowest BCUT2D eigenvalue weighted by atomic mass is 10.0. The van der Waals surface area contributed by atoms with E-state index in [0.717, 1.165) is 5.69 Å². The molecule has 0 aliphatic carbocycles. The van der Waals surface area contributed by atoms with Crippen molar-refractivity contribution in [1.29, 1.82) is 0 Å². The van der Waals surface area contributed by atoms with Crippen LogP contribution in [0.25, 0.3) is 0 Å². The molecule has 16 heavy (non-hydrogen) atoms. The molecule has 1 saturated heterocycles. The molecular formula is C12H17NO2S. The molecule has 2 rings (SSSR count). The first-order valence-electron chi connectivity index (χ1n) is 5.44. The van der Waals surface area contributed by atoms with Gasteiger partial charge < -0.3 is 5.32 Å². The summed E-state index contributed by atoms with van der Waals surface area (Å²) in [7, 11) is -2.84. The number of benzene rings is 1. The summed E-state index contributed by atoms with van der Waals surface area (Å²) < 4.78 is 22.9. The third-order valence-electron chi connectivity index (χ3n) is 3.00. The summed E-state index contributed by atoms with van der Waals surface area (Å²) in [6, 6.07) is 8.03. The predicted molar refractivity (Wildman–Crippen MR) is 66.5 cm³/mol. The van der Waals surface area contributed by atoms with Gasteiger partial charge in [0.25, 0.3) is 0 Å². The van der Waals surface area contributed by atoms with E-state index in [0.29, 0.717) is 12.2 Å². The first kappa shape index (κ1) is 11.5. The van der Waals surface area contributed by atoms with Gasteiger partial charge in [-0.25, -0.2) is 8.42 Å².